The summed E-state index contributed by atoms with van der Waals surface area (Å²) < 4.78 is 5.26. The predicted octanol–water partition coefficient (Wildman–Crippen LogP) is 3.69. The Labute approximate surface area is 145 Å². The van der Waals surface area contributed by atoms with Gasteiger partial charge in [0.05, 0.1) is 12.0 Å². The number of pyridine rings is 1. The maximum Gasteiger partial charge on any atom is 0.164 e. The van der Waals surface area contributed by atoms with E-state index < -0.39 is 0 Å². The summed E-state index contributed by atoms with van der Waals surface area (Å²) >= 11 is 1.81. The van der Waals surface area contributed by atoms with Crippen molar-refractivity contribution in [3.8, 4) is 11.4 Å². The number of aromatic nitrogens is 3. The predicted molar refractivity (Wildman–Crippen MR) is 97.6 cm³/mol. The molecule has 1 aliphatic carbocycles. The molecule has 0 aromatic carbocycles. The third kappa shape index (κ3) is 2.76. The molecule has 0 saturated heterocycles. The van der Waals surface area contributed by atoms with Crippen LogP contribution in [0.2, 0.25) is 0 Å². The first-order chi connectivity index (χ1) is 11.8. The van der Waals surface area contributed by atoms with E-state index in [4.69, 9.17) is 14.7 Å². The third-order valence-electron chi connectivity index (χ3n) is 4.28. The lowest BCUT2D eigenvalue weighted by molar-refractivity contribution is 0.190. The number of ether oxygens (including phenoxy) is 1. The van der Waals surface area contributed by atoms with Crippen LogP contribution in [-0.4, -0.2) is 34.7 Å². The van der Waals surface area contributed by atoms with Crippen LogP contribution in [0.25, 0.3) is 21.6 Å². The number of rotatable bonds is 5. The number of aryl methyl sites for hydroxylation is 2. The lowest BCUT2D eigenvalue weighted by Crippen LogP contribution is -2.22. The molecule has 0 aliphatic heterocycles. The molecule has 3 heterocycles. The first-order valence-electron chi connectivity index (χ1n) is 8.24. The largest absolute Gasteiger partial charge is 0.383 e. The fourth-order valence-electron chi connectivity index (χ4n) is 3.25. The molecule has 0 spiro atoms. The monoisotopic (exact) mass is 340 g/mol. The summed E-state index contributed by atoms with van der Waals surface area (Å²) in [5, 5.41) is 4.72. The van der Waals surface area contributed by atoms with Gasteiger partial charge in [-0.05, 0) is 43.9 Å². The van der Waals surface area contributed by atoms with Crippen molar-refractivity contribution < 1.29 is 4.74 Å². The zero-order valence-corrected chi connectivity index (χ0v) is 14.7. The highest BCUT2D eigenvalue weighted by Crippen LogP contribution is 2.40. The average Bonchev–Trinajstić information content (AvgIpc) is 3.16. The van der Waals surface area contributed by atoms with Crippen LogP contribution in [0.1, 0.15) is 23.8 Å². The second-order valence-corrected chi connectivity index (χ2v) is 7.26. The van der Waals surface area contributed by atoms with Crippen molar-refractivity contribution in [2.45, 2.75) is 32.2 Å². The van der Waals surface area contributed by atoms with Gasteiger partial charge in [-0.1, -0.05) is 0 Å². The summed E-state index contributed by atoms with van der Waals surface area (Å²) in [6, 6.07) is 4.10. The zero-order valence-electron chi connectivity index (χ0n) is 13.9. The molecular weight excluding hydrogens is 320 g/mol. The highest BCUT2D eigenvalue weighted by Gasteiger charge is 2.23. The molecule has 1 N–H and O–H groups in total. The van der Waals surface area contributed by atoms with Gasteiger partial charge in [0, 0.05) is 36.0 Å². The number of nitrogens with one attached hydrogen (secondary N) is 1. The van der Waals surface area contributed by atoms with E-state index in [1.165, 1.54) is 22.2 Å². The third-order valence-corrected chi connectivity index (χ3v) is 5.47. The first-order valence-corrected chi connectivity index (χ1v) is 9.06. The van der Waals surface area contributed by atoms with Crippen molar-refractivity contribution in [2.24, 2.45) is 0 Å². The van der Waals surface area contributed by atoms with Crippen LogP contribution in [0.15, 0.2) is 24.5 Å². The molecule has 0 unspecified atom stereocenters. The quantitative estimate of drug-likeness (QED) is 0.767. The minimum atomic E-state index is 0.187. The van der Waals surface area contributed by atoms with E-state index in [-0.39, 0.29) is 6.04 Å². The van der Waals surface area contributed by atoms with Crippen molar-refractivity contribution in [3.63, 3.8) is 0 Å². The number of hydrogen-bond acceptors (Lipinski definition) is 6. The highest BCUT2D eigenvalue weighted by atomic mass is 32.1. The minimum absolute atomic E-state index is 0.187. The van der Waals surface area contributed by atoms with Crippen molar-refractivity contribution >= 4 is 27.4 Å². The van der Waals surface area contributed by atoms with Crippen LogP contribution in [-0.2, 0) is 17.6 Å². The van der Waals surface area contributed by atoms with Crippen molar-refractivity contribution in [1.29, 1.82) is 0 Å². The van der Waals surface area contributed by atoms with E-state index in [9.17, 15) is 0 Å². The maximum absolute atomic E-state index is 5.26. The SMILES string of the molecule is COC[C@@H](C)Nc1nc(-c2cccnc2)nc2sc3c(c12)CCC3. The van der Waals surface area contributed by atoms with Gasteiger partial charge in [-0.2, -0.15) is 0 Å². The Balaban J connectivity index is 1.85. The number of methoxy groups -OCH3 is 1. The summed E-state index contributed by atoms with van der Waals surface area (Å²) in [6.07, 6.45) is 7.09. The average molecular weight is 340 g/mol. The second-order valence-electron chi connectivity index (χ2n) is 6.18. The van der Waals surface area contributed by atoms with E-state index in [2.05, 4.69) is 17.2 Å². The number of anilines is 1. The van der Waals surface area contributed by atoms with Gasteiger partial charge in [-0.25, -0.2) is 9.97 Å². The van der Waals surface area contributed by atoms with Crippen LogP contribution >= 0.6 is 11.3 Å². The Morgan fingerprint density at radius 3 is 3.04 bits per heavy atom. The molecule has 6 heteroatoms. The molecule has 0 saturated carbocycles. The highest BCUT2D eigenvalue weighted by molar-refractivity contribution is 7.19. The smallest absolute Gasteiger partial charge is 0.164 e. The van der Waals surface area contributed by atoms with Crippen LogP contribution in [0.3, 0.4) is 0 Å². The van der Waals surface area contributed by atoms with Gasteiger partial charge in [0.2, 0.25) is 0 Å². The standard InChI is InChI=1S/C18H20N4OS/c1-11(10-23-2)20-17-15-13-6-3-7-14(13)24-18(15)22-16(21-17)12-5-4-8-19-9-12/h4-5,8-9,11H,3,6-7,10H2,1-2H3,(H,20,21,22)/t11-/m1/s1. The normalized spacial score (nSPS) is 14.8. The number of fused-ring (bicyclic) bond motifs is 3. The van der Waals surface area contributed by atoms with E-state index in [1.54, 1.807) is 13.3 Å². The Kier molecular flexibility index (Phi) is 4.16. The summed E-state index contributed by atoms with van der Waals surface area (Å²) in [5.74, 6) is 1.64. The fraction of sp³-hybridized carbons (Fsp3) is 0.389. The molecule has 5 nitrogen and oxygen atoms in total. The van der Waals surface area contributed by atoms with E-state index in [0.29, 0.717) is 6.61 Å². The number of hydrogen-bond donors (Lipinski definition) is 1. The fourth-order valence-corrected chi connectivity index (χ4v) is 4.51. The van der Waals surface area contributed by atoms with E-state index in [0.717, 1.165) is 34.9 Å². The number of nitrogens with zero attached hydrogens (tertiary/aromatic N) is 3. The lowest BCUT2D eigenvalue weighted by atomic mass is 10.1. The van der Waals surface area contributed by atoms with Crippen LogP contribution in [0.5, 0.6) is 0 Å². The van der Waals surface area contributed by atoms with Gasteiger partial charge in [-0.3, -0.25) is 4.98 Å². The molecule has 0 fully saturated rings. The summed E-state index contributed by atoms with van der Waals surface area (Å²) in [6.45, 7) is 2.74. The molecule has 1 atom stereocenters. The molecule has 4 rings (SSSR count). The Morgan fingerprint density at radius 1 is 1.33 bits per heavy atom. The van der Waals surface area contributed by atoms with Gasteiger partial charge in [-0.15, -0.1) is 11.3 Å². The molecule has 3 aromatic rings. The lowest BCUT2D eigenvalue weighted by Gasteiger charge is -2.15. The maximum atomic E-state index is 5.26. The molecule has 3 aromatic heterocycles. The molecule has 24 heavy (non-hydrogen) atoms. The van der Waals surface area contributed by atoms with Gasteiger partial charge in [0.15, 0.2) is 5.82 Å². The van der Waals surface area contributed by atoms with Gasteiger partial charge in [0.25, 0.3) is 0 Å². The van der Waals surface area contributed by atoms with Gasteiger partial charge in [0.1, 0.15) is 10.6 Å². The molecule has 0 amide bonds. The Bertz CT molecular complexity index is 862. The first kappa shape index (κ1) is 15.5. The topological polar surface area (TPSA) is 59.9 Å². The molecule has 0 radical (unpaired) electrons. The molecular formula is C18H20N4OS. The zero-order chi connectivity index (χ0) is 16.5. The van der Waals surface area contributed by atoms with E-state index in [1.807, 2.05) is 29.7 Å². The van der Waals surface area contributed by atoms with Crippen molar-refractivity contribution in [3.05, 3.63) is 35.0 Å². The Morgan fingerprint density at radius 2 is 2.25 bits per heavy atom. The molecule has 0 bridgehead atoms. The van der Waals surface area contributed by atoms with Crippen LogP contribution < -0.4 is 5.32 Å². The summed E-state index contributed by atoms with van der Waals surface area (Å²) in [5.41, 5.74) is 2.37. The van der Waals surface area contributed by atoms with Crippen molar-refractivity contribution in [2.75, 3.05) is 19.0 Å². The number of thiophene rings is 1. The molecule has 1 aliphatic rings. The van der Waals surface area contributed by atoms with Gasteiger partial charge < -0.3 is 10.1 Å². The summed E-state index contributed by atoms with van der Waals surface area (Å²) in [7, 11) is 1.72. The van der Waals surface area contributed by atoms with Crippen LogP contribution in [0.4, 0.5) is 5.82 Å². The minimum Gasteiger partial charge on any atom is -0.383 e. The Hall–Kier alpha value is -2.05. The molecule has 124 valence electrons. The summed E-state index contributed by atoms with van der Waals surface area (Å²) in [4.78, 5) is 16.4. The second kappa shape index (κ2) is 6.45. The van der Waals surface area contributed by atoms with Crippen LogP contribution in [0, 0.1) is 0 Å². The van der Waals surface area contributed by atoms with Gasteiger partial charge >= 0.3 is 0 Å². The van der Waals surface area contributed by atoms with E-state index >= 15 is 0 Å². The van der Waals surface area contributed by atoms with Crippen molar-refractivity contribution in [1.82, 2.24) is 15.0 Å².